The molecule has 6 heteroatoms. The van der Waals surface area contributed by atoms with E-state index in [4.69, 9.17) is 9.84 Å². The molecular formula is C18H16O4S2. The number of rotatable bonds is 5. The molecule has 24 heavy (non-hydrogen) atoms. The third-order valence-corrected chi connectivity index (χ3v) is 6.08. The average Bonchev–Trinajstić information content (AvgIpc) is 3.13. The van der Waals surface area contributed by atoms with Gasteiger partial charge in [0.15, 0.2) is 11.5 Å². The zero-order valence-electron chi connectivity index (χ0n) is 13.2. The number of carbonyl (C=O) groups is 1. The van der Waals surface area contributed by atoms with E-state index >= 15 is 0 Å². The van der Waals surface area contributed by atoms with Gasteiger partial charge in [-0.1, -0.05) is 0 Å². The van der Waals surface area contributed by atoms with Crippen LogP contribution in [-0.4, -0.2) is 23.3 Å². The van der Waals surface area contributed by atoms with Gasteiger partial charge >= 0.3 is 5.97 Å². The van der Waals surface area contributed by atoms with Crippen molar-refractivity contribution in [3.8, 4) is 31.7 Å². The molecule has 0 saturated heterocycles. The molecule has 0 aliphatic carbocycles. The first-order chi connectivity index (χ1) is 11.5. The second-order valence-electron chi connectivity index (χ2n) is 5.35. The van der Waals surface area contributed by atoms with E-state index in [2.05, 4.69) is 6.07 Å². The first-order valence-corrected chi connectivity index (χ1v) is 8.95. The molecule has 3 aromatic rings. The molecule has 0 amide bonds. The minimum atomic E-state index is -0.827. The largest absolute Gasteiger partial charge is 0.504 e. The predicted molar refractivity (Wildman–Crippen MR) is 97.4 cm³/mol. The first-order valence-electron chi connectivity index (χ1n) is 7.26. The molecule has 0 spiro atoms. The van der Waals surface area contributed by atoms with Gasteiger partial charge in [0.05, 0.1) is 13.5 Å². The van der Waals surface area contributed by atoms with E-state index in [0.717, 1.165) is 31.3 Å². The molecule has 0 radical (unpaired) electrons. The van der Waals surface area contributed by atoms with Crippen LogP contribution in [0.3, 0.4) is 0 Å². The summed E-state index contributed by atoms with van der Waals surface area (Å²) >= 11 is 3.18. The molecule has 3 rings (SSSR count). The summed E-state index contributed by atoms with van der Waals surface area (Å²) in [7, 11) is 1.52. The van der Waals surface area contributed by atoms with Crippen LogP contribution in [0.1, 0.15) is 11.1 Å². The van der Waals surface area contributed by atoms with Gasteiger partial charge in [-0.25, -0.2) is 0 Å². The summed E-state index contributed by atoms with van der Waals surface area (Å²) in [6, 6.07) is 9.22. The van der Waals surface area contributed by atoms with Crippen molar-refractivity contribution in [2.75, 3.05) is 7.11 Å². The number of thiophene rings is 2. The third-order valence-electron chi connectivity index (χ3n) is 3.68. The minimum absolute atomic E-state index is 0.0263. The number of methoxy groups -OCH3 is 1. The summed E-state index contributed by atoms with van der Waals surface area (Å²) in [6.45, 7) is 2.03. The monoisotopic (exact) mass is 360 g/mol. The highest BCUT2D eigenvalue weighted by Crippen LogP contribution is 2.43. The van der Waals surface area contributed by atoms with Crippen LogP contribution in [0.5, 0.6) is 11.5 Å². The van der Waals surface area contributed by atoms with Crippen LogP contribution in [0.25, 0.3) is 20.2 Å². The Balaban J connectivity index is 2.02. The van der Waals surface area contributed by atoms with Gasteiger partial charge in [-0.2, -0.15) is 0 Å². The molecule has 0 bridgehead atoms. The fraction of sp³-hybridized carbons (Fsp3) is 0.167. The molecule has 1 aromatic carbocycles. The second kappa shape index (κ2) is 6.67. The Morgan fingerprint density at radius 1 is 1.21 bits per heavy atom. The lowest BCUT2D eigenvalue weighted by Gasteiger charge is -2.05. The summed E-state index contributed by atoms with van der Waals surface area (Å²) in [5.41, 5.74) is 2.91. The number of aryl methyl sites for hydroxylation is 1. The number of ether oxygens (including phenoxy) is 1. The van der Waals surface area contributed by atoms with Crippen molar-refractivity contribution in [1.82, 2.24) is 0 Å². The molecule has 0 atom stereocenters. The van der Waals surface area contributed by atoms with Crippen LogP contribution in [0.4, 0.5) is 0 Å². The second-order valence-corrected chi connectivity index (χ2v) is 7.32. The number of aliphatic carboxylic acids is 1. The van der Waals surface area contributed by atoms with Crippen LogP contribution in [0, 0.1) is 6.92 Å². The Labute approximate surface area is 147 Å². The fourth-order valence-corrected chi connectivity index (χ4v) is 4.86. The molecule has 0 unspecified atom stereocenters. The summed E-state index contributed by atoms with van der Waals surface area (Å²) in [6.07, 6.45) is 0.0263. The van der Waals surface area contributed by atoms with Crippen molar-refractivity contribution in [3.05, 3.63) is 46.8 Å². The molecule has 0 aliphatic rings. The lowest BCUT2D eigenvalue weighted by Crippen LogP contribution is -1.99. The number of carboxylic acid groups (broad SMARTS) is 1. The van der Waals surface area contributed by atoms with Gasteiger partial charge in [0.25, 0.3) is 0 Å². The molecule has 4 nitrogen and oxygen atoms in total. The topological polar surface area (TPSA) is 66.8 Å². The van der Waals surface area contributed by atoms with Crippen LogP contribution in [0.15, 0.2) is 35.7 Å². The van der Waals surface area contributed by atoms with Gasteiger partial charge in [0, 0.05) is 14.6 Å². The number of aromatic hydroxyl groups is 1. The van der Waals surface area contributed by atoms with E-state index in [1.54, 1.807) is 34.8 Å². The van der Waals surface area contributed by atoms with Gasteiger partial charge in [0.1, 0.15) is 0 Å². The lowest BCUT2D eigenvalue weighted by atomic mass is 10.1. The number of hydrogen-bond donors (Lipinski definition) is 2. The van der Waals surface area contributed by atoms with Gasteiger partial charge in [-0.3, -0.25) is 4.79 Å². The highest BCUT2D eigenvalue weighted by molar-refractivity contribution is 7.23. The minimum Gasteiger partial charge on any atom is -0.504 e. The average molecular weight is 360 g/mol. The molecular weight excluding hydrogens is 344 g/mol. The number of phenols is 1. The fourth-order valence-electron chi connectivity index (χ4n) is 2.52. The van der Waals surface area contributed by atoms with Gasteiger partial charge < -0.3 is 14.9 Å². The Morgan fingerprint density at radius 3 is 2.71 bits per heavy atom. The standard InChI is InChI=1S/C18H16O4S2/c1-10-7-15(11-3-4-13(19)14(8-11)22-2)24-17(10)18-12(5-6-23-18)9-16(20)21/h3-8,19H,9H2,1-2H3,(H,20,21). The quantitative estimate of drug-likeness (QED) is 0.686. The summed E-state index contributed by atoms with van der Waals surface area (Å²) in [5, 5.41) is 20.7. The van der Waals surface area contributed by atoms with E-state index < -0.39 is 5.97 Å². The third kappa shape index (κ3) is 3.16. The van der Waals surface area contributed by atoms with E-state index in [0.29, 0.717) is 5.75 Å². The molecule has 0 fully saturated rings. The summed E-state index contributed by atoms with van der Waals surface area (Å²) in [4.78, 5) is 14.2. The van der Waals surface area contributed by atoms with Crippen LogP contribution in [0.2, 0.25) is 0 Å². The summed E-state index contributed by atoms with van der Waals surface area (Å²) in [5.74, 6) is -0.285. The van der Waals surface area contributed by atoms with E-state index in [1.807, 2.05) is 24.4 Å². The van der Waals surface area contributed by atoms with Crippen molar-refractivity contribution >= 4 is 28.6 Å². The van der Waals surface area contributed by atoms with Crippen molar-refractivity contribution < 1.29 is 19.7 Å². The van der Waals surface area contributed by atoms with E-state index in [-0.39, 0.29) is 12.2 Å². The molecule has 2 aromatic heterocycles. The number of phenolic OH excluding ortho intramolecular Hbond substituents is 1. The molecule has 2 N–H and O–H groups in total. The van der Waals surface area contributed by atoms with Crippen LogP contribution in [-0.2, 0) is 11.2 Å². The van der Waals surface area contributed by atoms with E-state index in [9.17, 15) is 9.90 Å². The van der Waals surface area contributed by atoms with Crippen LogP contribution >= 0.6 is 22.7 Å². The maximum Gasteiger partial charge on any atom is 0.307 e. The zero-order valence-corrected chi connectivity index (χ0v) is 14.8. The smallest absolute Gasteiger partial charge is 0.307 e. The maximum atomic E-state index is 11.0. The van der Waals surface area contributed by atoms with E-state index in [1.165, 1.54) is 7.11 Å². The molecule has 124 valence electrons. The normalized spacial score (nSPS) is 10.8. The SMILES string of the molecule is COc1cc(-c2cc(C)c(-c3sccc3CC(=O)O)s2)ccc1O. The van der Waals surface area contributed by atoms with Crippen molar-refractivity contribution in [3.63, 3.8) is 0 Å². The number of hydrogen-bond acceptors (Lipinski definition) is 5. The molecule has 0 saturated carbocycles. The van der Waals surface area contributed by atoms with Gasteiger partial charge in [-0.05, 0) is 59.3 Å². The Bertz CT molecular complexity index is 892. The van der Waals surface area contributed by atoms with Gasteiger partial charge in [-0.15, -0.1) is 22.7 Å². The predicted octanol–water partition coefficient (Wildman–Crippen LogP) is 4.79. The van der Waals surface area contributed by atoms with Crippen LogP contribution < -0.4 is 4.74 Å². The molecule has 0 aliphatic heterocycles. The highest BCUT2D eigenvalue weighted by atomic mass is 32.1. The first kappa shape index (κ1) is 16.5. The van der Waals surface area contributed by atoms with Crippen molar-refractivity contribution in [2.45, 2.75) is 13.3 Å². The molecule has 2 heterocycles. The number of carboxylic acids is 1. The van der Waals surface area contributed by atoms with Gasteiger partial charge in [0.2, 0.25) is 0 Å². The van der Waals surface area contributed by atoms with Crippen molar-refractivity contribution in [2.24, 2.45) is 0 Å². The number of benzene rings is 1. The Kier molecular flexibility index (Phi) is 4.59. The Hall–Kier alpha value is -2.31. The summed E-state index contributed by atoms with van der Waals surface area (Å²) < 4.78 is 5.17. The maximum absolute atomic E-state index is 11.0. The highest BCUT2D eigenvalue weighted by Gasteiger charge is 2.16. The Morgan fingerprint density at radius 2 is 2.00 bits per heavy atom. The lowest BCUT2D eigenvalue weighted by molar-refractivity contribution is -0.136. The zero-order chi connectivity index (χ0) is 17.3. The van der Waals surface area contributed by atoms with Crippen molar-refractivity contribution in [1.29, 1.82) is 0 Å².